The molecule has 2 atom stereocenters. The molecule has 1 heterocycles. The van der Waals surface area contributed by atoms with Crippen molar-refractivity contribution in [3.05, 3.63) is 28.3 Å². The van der Waals surface area contributed by atoms with E-state index in [9.17, 15) is 17.4 Å². The number of hydrogen-bond donors (Lipinski definition) is 1. The summed E-state index contributed by atoms with van der Waals surface area (Å²) in [6.45, 7) is 3.12. The summed E-state index contributed by atoms with van der Waals surface area (Å²) >= 11 is 5.96. The molecule has 1 aliphatic rings. The second-order valence-corrected chi connectivity index (χ2v) is 6.01. The second kappa shape index (κ2) is 4.83. The van der Waals surface area contributed by atoms with Gasteiger partial charge in [-0.3, -0.25) is 0 Å². The van der Waals surface area contributed by atoms with Crippen LogP contribution >= 0.6 is 11.6 Å². The van der Waals surface area contributed by atoms with Gasteiger partial charge in [-0.1, -0.05) is 24.6 Å². The SMILES string of the molecule is CC1CNCc2c1ccc(S(=O)C(F)(F)F)c2Cl. The van der Waals surface area contributed by atoms with E-state index in [4.69, 9.17) is 11.6 Å². The second-order valence-electron chi connectivity index (χ2n) is 4.19. The molecular formula is C11H11ClF3NOS. The van der Waals surface area contributed by atoms with Crippen LogP contribution in [0.1, 0.15) is 24.0 Å². The summed E-state index contributed by atoms with van der Waals surface area (Å²) in [6, 6.07) is 2.80. The van der Waals surface area contributed by atoms with Crippen molar-refractivity contribution in [1.82, 2.24) is 5.32 Å². The molecule has 0 fully saturated rings. The standard InChI is InChI=1S/C11H11ClF3NOS/c1-6-4-16-5-8-7(6)2-3-9(10(8)12)18(17)11(13,14)15/h2-3,6,16H,4-5H2,1H3. The lowest BCUT2D eigenvalue weighted by molar-refractivity contribution is -0.0384. The average Bonchev–Trinajstić information content (AvgIpc) is 2.29. The minimum Gasteiger partial charge on any atom is -0.312 e. The van der Waals surface area contributed by atoms with E-state index < -0.39 is 16.3 Å². The van der Waals surface area contributed by atoms with Crippen LogP contribution in [0.2, 0.25) is 5.02 Å². The van der Waals surface area contributed by atoms with Crippen LogP contribution in [0.4, 0.5) is 13.2 Å². The van der Waals surface area contributed by atoms with Gasteiger partial charge in [0.2, 0.25) is 0 Å². The number of benzene rings is 1. The number of nitrogens with one attached hydrogen (secondary N) is 1. The van der Waals surface area contributed by atoms with Crippen molar-refractivity contribution in [2.75, 3.05) is 6.54 Å². The summed E-state index contributed by atoms with van der Waals surface area (Å²) in [5.41, 5.74) is -3.25. The molecule has 2 rings (SSSR count). The smallest absolute Gasteiger partial charge is 0.312 e. The van der Waals surface area contributed by atoms with Gasteiger partial charge in [-0.2, -0.15) is 13.2 Å². The van der Waals surface area contributed by atoms with E-state index in [1.54, 1.807) is 6.07 Å². The summed E-state index contributed by atoms with van der Waals surface area (Å²) in [4.78, 5) is -0.362. The predicted octanol–water partition coefficient (Wildman–Crippen LogP) is 3.17. The molecule has 0 spiro atoms. The van der Waals surface area contributed by atoms with Crippen LogP contribution in [0.5, 0.6) is 0 Å². The van der Waals surface area contributed by atoms with Gasteiger partial charge in [-0.15, -0.1) is 0 Å². The highest BCUT2D eigenvalue weighted by atomic mass is 35.5. The van der Waals surface area contributed by atoms with Crippen molar-refractivity contribution in [1.29, 1.82) is 0 Å². The van der Waals surface area contributed by atoms with Gasteiger partial charge < -0.3 is 5.32 Å². The molecule has 2 nitrogen and oxygen atoms in total. The maximum absolute atomic E-state index is 12.4. The van der Waals surface area contributed by atoms with Crippen molar-refractivity contribution >= 4 is 22.4 Å². The van der Waals surface area contributed by atoms with Gasteiger partial charge in [-0.25, -0.2) is 4.21 Å². The minimum atomic E-state index is -4.79. The van der Waals surface area contributed by atoms with E-state index in [0.717, 1.165) is 12.1 Å². The Morgan fingerprint density at radius 2 is 2.11 bits per heavy atom. The van der Waals surface area contributed by atoms with Crippen LogP contribution in [0.15, 0.2) is 17.0 Å². The Hall–Kier alpha value is -0.590. The van der Waals surface area contributed by atoms with Gasteiger partial charge in [0, 0.05) is 13.1 Å². The van der Waals surface area contributed by atoms with Crippen molar-refractivity contribution in [3.8, 4) is 0 Å². The highest BCUT2D eigenvalue weighted by Gasteiger charge is 2.39. The molecule has 2 unspecified atom stereocenters. The lowest BCUT2D eigenvalue weighted by Gasteiger charge is -2.25. The Kier molecular flexibility index (Phi) is 3.71. The summed E-state index contributed by atoms with van der Waals surface area (Å²) in [5, 5.41) is 3.03. The molecule has 0 aromatic heterocycles. The van der Waals surface area contributed by atoms with Crippen LogP contribution in [0.25, 0.3) is 0 Å². The van der Waals surface area contributed by atoms with Crippen molar-refractivity contribution < 1.29 is 17.4 Å². The number of halogens is 4. The average molecular weight is 298 g/mol. The zero-order valence-electron chi connectivity index (χ0n) is 9.47. The summed E-state index contributed by atoms with van der Waals surface area (Å²) in [6.07, 6.45) is 0. The first-order chi connectivity index (χ1) is 8.32. The van der Waals surface area contributed by atoms with Gasteiger partial charge in [0.1, 0.15) is 0 Å². The Morgan fingerprint density at radius 1 is 1.44 bits per heavy atom. The van der Waals surface area contributed by atoms with E-state index >= 15 is 0 Å². The molecule has 0 saturated carbocycles. The van der Waals surface area contributed by atoms with Gasteiger partial charge in [0.25, 0.3) is 0 Å². The normalized spacial score (nSPS) is 21.5. The van der Waals surface area contributed by atoms with Crippen molar-refractivity contribution in [2.45, 2.75) is 29.8 Å². The number of fused-ring (bicyclic) bond motifs is 1. The molecule has 100 valence electrons. The fraction of sp³-hybridized carbons (Fsp3) is 0.455. The molecule has 1 aliphatic heterocycles. The monoisotopic (exact) mass is 297 g/mol. The molecule has 0 saturated heterocycles. The van der Waals surface area contributed by atoms with Gasteiger partial charge >= 0.3 is 5.51 Å². The van der Waals surface area contributed by atoms with Gasteiger partial charge in [0.05, 0.1) is 9.92 Å². The fourth-order valence-electron chi connectivity index (χ4n) is 2.05. The van der Waals surface area contributed by atoms with E-state index in [1.165, 1.54) is 6.07 Å². The summed E-state index contributed by atoms with van der Waals surface area (Å²) in [5.74, 6) is 0.180. The minimum absolute atomic E-state index is 0.0396. The first-order valence-corrected chi connectivity index (χ1v) is 6.85. The molecular weight excluding hydrogens is 287 g/mol. The molecule has 0 aliphatic carbocycles. The molecule has 0 bridgehead atoms. The Labute approximate surface area is 110 Å². The Bertz CT molecular complexity index is 504. The lowest BCUT2D eigenvalue weighted by atomic mass is 9.92. The first kappa shape index (κ1) is 13.8. The highest BCUT2D eigenvalue weighted by Crippen LogP contribution is 2.36. The van der Waals surface area contributed by atoms with E-state index in [-0.39, 0.29) is 15.8 Å². The van der Waals surface area contributed by atoms with Crippen molar-refractivity contribution in [2.24, 2.45) is 0 Å². The predicted molar refractivity (Wildman–Crippen MR) is 64.0 cm³/mol. The van der Waals surface area contributed by atoms with Crippen LogP contribution in [0, 0.1) is 0 Å². The first-order valence-electron chi connectivity index (χ1n) is 5.33. The van der Waals surface area contributed by atoms with E-state index in [1.807, 2.05) is 6.92 Å². The van der Waals surface area contributed by atoms with Gasteiger partial charge in [0.15, 0.2) is 10.8 Å². The third kappa shape index (κ3) is 2.41. The molecule has 0 radical (unpaired) electrons. The topological polar surface area (TPSA) is 29.1 Å². The maximum Gasteiger partial charge on any atom is 0.475 e. The van der Waals surface area contributed by atoms with Gasteiger partial charge in [-0.05, 0) is 23.1 Å². The zero-order valence-corrected chi connectivity index (χ0v) is 11.0. The third-order valence-corrected chi connectivity index (χ3v) is 4.64. The van der Waals surface area contributed by atoms with Crippen LogP contribution in [-0.4, -0.2) is 16.3 Å². The molecule has 7 heteroatoms. The van der Waals surface area contributed by atoms with Crippen LogP contribution in [-0.2, 0) is 17.3 Å². The third-order valence-electron chi connectivity index (χ3n) is 2.94. The quantitative estimate of drug-likeness (QED) is 0.862. The Balaban J connectivity index is 2.50. The molecule has 18 heavy (non-hydrogen) atoms. The number of alkyl halides is 3. The Morgan fingerprint density at radius 3 is 2.72 bits per heavy atom. The van der Waals surface area contributed by atoms with Crippen LogP contribution in [0.3, 0.4) is 0 Å². The molecule has 1 aromatic rings. The lowest BCUT2D eigenvalue weighted by Crippen LogP contribution is -2.27. The van der Waals surface area contributed by atoms with Crippen molar-refractivity contribution in [3.63, 3.8) is 0 Å². The van der Waals surface area contributed by atoms with Crippen LogP contribution < -0.4 is 5.32 Å². The zero-order chi connectivity index (χ0) is 13.5. The molecule has 1 N–H and O–H groups in total. The maximum atomic E-state index is 12.4. The highest BCUT2D eigenvalue weighted by molar-refractivity contribution is 7.86. The van der Waals surface area contributed by atoms with E-state index in [2.05, 4.69) is 5.32 Å². The summed E-state index contributed by atoms with van der Waals surface area (Å²) in [7, 11) is -3.08. The summed E-state index contributed by atoms with van der Waals surface area (Å²) < 4.78 is 48.7. The molecule has 0 amide bonds. The van der Waals surface area contributed by atoms with E-state index in [0.29, 0.717) is 12.1 Å². The number of hydrogen-bond acceptors (Lipinski definition) is 2. The molecule has 1 aromatic carbocycles. The number of rotatable bonds is 1. The fourth-order valence-corrected chi connectivity index (χ4v) is 3.22. The largest absolute Gasteiger partial charge is 0.475 e.